The van der Waals surface area contributed by atoms with Gasteiger partial charge in [0.15, 0.2) is 0 Å². The van der Waals surface area contributed by atoms with Crippen LogP contribution in [0, 0.1) is 31.3 Å². The molecule has 2 heterocycles. The molecule has 1 aliphatic rings. The third-order valence-corrected chi connectivity index (χ3v) is 8.22. The van der Waals surface area contributed by atoms with Gasteiger partial charge in [0.2, 0.25) is 17.9 Å². The number of hydrogen-bond acceptors (Lipinski definition) is 5. The van der Waals surface area contributed by atoms with Gasteiger partial charge in [-0.25, -0.2) is 22.9 Å². The van der Waals surface area contributed by atoms with Crippen molar-refractivity contribution >= 4 is 17.6 Å². The summed E-state index contributed by atoms with van der Waals surface area (Å²) in [5, 5.41) is 14.1. The SMILES string of the molecule is Cc1cc(C)nc(O[C@H](C(=O)O)[C@@]2(c3cccc(-c4ccccc4)c3)NCC(=O)N(Cc3c(F)cc(F)cc3F)c3ccccc32)c1. The van der Waals surface area contributed by atoms with Gasteiger partial charge in [0, 0.05) is 40.7 Å². The summed E-state index contributed by atoms with van der Waals surface area (Å²) in [7, 11) is 0. The van der Waals surface area contributed by atoms with Gasteiger partial charge in [-0.05, 0) is 54.3 Å². The summed E-state index contributed by atoms with van der Waals surface area (Å²) in [6.45, 7) is 2.58. The lowest BCUT2D eigenvalue weighted by Gasteiger charge is -2.40. The lowest BCUT2D eigenvalue weighted by atomic mass is 9.76. The zero-order valence-corrected chi connectivity index (χ0v) is 25.5. The number of aromatic nitrogens is 1. The number of carbonyl (C=O) groups excluding carboxylic acids is 1. The van der Waals surface area contributed by atoms with E-state index in [0.717, 1.165) is 16.7 Å². The number of fused-ring (bicyclic) bond motifs is 1. The first kappa shape index (κ1) is 31.5. The maximum absolute atomic E-state index is 14.9. The van der Waals surface area contributed by atoms with E-state index in [1.54, 1.807) is 49.4 Å². The molecule has 5 aromatic rings. The zero-order chi connectivity index (χ0) is 33.3. The molecule has 0 saturated heterocycles. The molecule has 0 unspecified atom stereocenters. The number of aliphatic carboxylic acids is 1. The van der Waals surface area contributed by atoms with Crippen molar-refractivity contribution in [3.05, 3.63) is 149 Å². The Morgan fingerprint density at radius 2 is 1.60 bits per heavy atom. The number of carbonyl (C=O) groups is 2. The molecule has 6 rings (SSSR count). The number of nitrogens with one attached hydrogen (secondary N) is 1. The second-order valence-corrected chi connectivity index (χ2v) is 11.4. The molecule has 0 fully saturated rings. The fraction of sp³-hybridized carbons (Fsp3) is 0.162. The van der Waals surface area contributed by atoms with Crippen molar-refractivity contribution in [3.8, 4) is 17.0 Å². The number of carboxylic acid groups (broad SMARTS) is 1. The molecule has 2 N–H and O–H groups in total. The second kappa shape index (κ2) is 12.7. The fourth-order valence-corrected chi connectivity index (χ4v) is 6.16. The topological polar surface area (TPSA) is 91.8 Å². The number of nitrogens with zero attached hydrogens (tertiary/aromatic N) is 2. The van der Waals surface area contributed by atoms with Gasteiger partial charge in [-0.2, -0.15) is 0 Å². The van der Waals surface area contributed by atoms with E-state index in [0.29, 0.717) is 29.0 Å². The Labute approximate surface area is 269 Å². The molecule has 1 amide bonds. The molecule has 10 heteroatoms. The van der Waals surface area contributed by atoms with Crippen LogP contribution >= 0.6 is 0 Å². The normalized spacial score (nSPS) is 16.7. The highest BCUT2D eigenvalue weighted by Crippen LogP contribution is 2.43. The Balaban J connectivity index is 1.60. The molecule has 2 atom stereocenters. The van der Waals surface area contributed by atoms with Crippen molar-refractivity contribution in [2.75, 3.05) is 11.4 Å². The molecular weight excluding hydrogens is 607 g/mol. The number of carboxylic acids is 1. The monoisotopic (exact) mass is 637 g/mol. The summed E-state index contributed by atoms with van der Waals surface area (Å²) in [6.07, 6.45) is -1.70. The summed E-state index contributed by atoms with van der Waals surface area (Å²) >= 11 is 0. The van der Waals surface area contributed by atoms with Gasteiger partial charge < -0.3 is 14.7 Å². The van der Waals surface area contributed by atoms with Crippen molar-refractivity contribution in [1.29, 1.82) is 0 Å². The molecule has 7 nitrogen and oxygen atoms in total. The van der Waals surface area contributed by atoms with Crippen molar-refractivity contribution in [2.24, 2.45) is 0 Å². The standard InChI is InChI=1S/C37H30F3N3O4/c1-22-15-23(2)42-33(16-22)47-35(36(45)46)37(26-12-8-11-25(17-26)24-9-4-3-5-10-24)29-13-6-7-14-32(29)43(34(44)20-41-37)21-28-30(39)18-27(38)19-31(28)40/h3-19,35,41H,20-21H2,1-2H3,(H,45,46)/t35-,37+/m1/s1. The minimum atomic E-state index is -1.74. The molecule has 1 aliphatic heterocycles. The number of halogens is 3. The van der Waals surface area contributed by atoms with Crippen molar-refractivity contribution in [1.82, 2.24) is 10.3 Å². The fourth-order valence-electron chi connectivity index (χ4n) is 6.16. The van der Waals surface area contributed by atoms with Crippen LogP contribution in [0.4, 0.5) is 18.9 Å². The lowest BCUT2D eigenvalue weighted by molar-refractivity contribution is -0.149. The number of pyridine rings is 1. The first-order chi connectivity index (χ1) is 22.6. The maximum atomic E-state index is 14.9. The Kier molecular flexibility index (Phi) is 8.53. The summed E-state index contributed by atoms with van der Waals surface area (Å²) in [4.78, 5) is 32.8. The summed E-state index contributed by atoms with van der Waals surface area (Å²) in [6, 6.07) is 27.8. The van der Waals surface area contributed by atoms with Crippen LogP contribution in [0.3, 0.4) is 0 Å². The van der Waals surface area contributed by atoms with Gasteiger partial charge >= 0.3 is 5.97 Å². The van der Waals surface area contributed by atoms with Crippen LogP contribution < -0.4 is 15.0 Å². The van der Waals surface area contributed by atoms with Crippen LogP contribution in [0.5, 0.6) is 5.88 Å². The van der Waals surface area contributed by atoms with E-state index in [4.69, 9.17) is 4.74 Å². The molecule has 0 spiro atoms. The predicted molar refractivity (Wildman–Crippen MR) is 170 cm³/mol. The molecule has 0 saturated carbocycles. The Morgan fingerprint density at radius 3 is 2.30 bits per heavy atom. The van der Waals surface area contributed by atoms with E-state index in [1.165, 1.54) is 4.90 Å². The van der Waals surface area contributed by atoms with Crippen LogP contribution in [-0.4, -0.2) is 34.6 Å². The summed E-state index contributed by atoms with van der Waals surface area (Å²) in [5.74, 6) is -5.29. The van der Waals surface area contributed by atoms with E-state index < -0.39 is 59.6 Å². The first-order valence-electron chi connectivity index (χ1n) is 14.9. The second-order valence-electron chi connectivity index (χ2n) is 11.4. The quantitative estimate of drug-likeness (QED) is 0.197. The van der Waals surface area contributed by atoms with Crippen LogP contribution in [-0.2, 0) is 21.7 Å². The maximum Gasteiger partial charge on any atom is 0.347 e. The van der Waals surface area contributed by atoms with Gasteiger partial charge in [-0.1, -0.05) is 66.7 Å². The number of anilines is 1. The minimum absolute atomic E-state index is 0.0654. The average molecular weight is 638 g/mol. The molecule has 238 valence electrons. The highest BCUT2D eigenvalue weighted by atomic mass is 19.1. The van der Waals surface area contributed by atoms with Gasteiger partial charge in [-0.3, -0.25) is 10.1 Å². The highest BCUT2D eigenvalue weighted by Gasteiger charge is 2.52. The van der Waals surface area contributed by atoms with Gasteiger partial charge in [0.25, 0.3) is 0 Å². The van der Waals surface area contributed by atoms with Crippen molar-refractivity contribution in [3.63, 3.8) is 0 Å². The average Bonchev–Trinajstić information content (AvgIpc) is 3.16. The number of hydrogen-bond donors (Lipinski definition) is 2. The van der Waals surface area contributed by atoms with Crippen LogP contribution in [0.25, 0.3) is 11.1 Å². The van der Waals surface area contributed by atoms with Gasteiger partial charge in [0.1, 0.15) is 23.0 Å². The first-order valence-corrected chi connectivity index (χ1v) is 14.9. The largest absolute Gasteiger partial charge is 0.478 e. The van der Waals surface area contributed by atoms with E-state index in [9.17, 15) is 27.9 Å². The molecule has 0 aliphatic carbocycles. The molecule has 4 aromatic carbocycles. The van der Waals surface area contributed by atoms with Gasteiger partial charge in [-0.15, -0.1) is 0 Å². The molecule has 47 heavy (non-hydrogen) atoms. The molecule has 0 bridgehead atoms. The van der Waals surface area contributed by atoms with Crippen molar-refractivity contribution in [2.45, 2.75) is 32.0 Å². The predicted octanol–water partition coefficient (Wildman–Crippen LogP) is 6.69. The van der Waals surface area contributed by atoms with Crippen LogP contribution in [0.2, 0.25) is 0 Å². The third kappa shape index (κ3) is 6.07. The summed E-state index contributed by atoms with van der Waals surface area (Å²) in [5.41, 5.74) is 1.76. The lowest BCUT2D eigenvalue weighted by Crippen LogP contribution is -2.58. The molecular formula is C37H30F3N3O4. The number of amides is 1. The van der Waals surface area contributed by atoms with Gasteiger partial charge in [0.05, 0.1) is 13.1 Å². The van der Waals surface area contributed by atoms with Crippen LogP contribution in [0.1, 0.15) is 27.9 Å². The number of rotatable bonds is 8. The minimum Gasteiger partial charge on any atom is -0.478 e. The zero-order valence-electron chi connectivity index (χ0n) is 25.5. The van der Waals surface area contributed by atoms with E-state index in [1.807, 2.05) is 55.5 Å². The Morgan fingerprint density at radius 1 is 0.915 bits per heavy atom. The third-order valence-electron chi connectivity index (χ3n) is 8.22. The van der Waals surface area contributed by atoms with Crippen molar-refractivity contribution < 1.29 is 32.6 Å². The van der Waals surface area contributed by atoms with Crippen LogP contribution in [0.15, 0.2) is 103 Å². The molecule has 1 aromatic heterocycles. The van der Waals surface area contributed by atoms with E-state index in [2.05, 4.69) is 10.3 Å². The van der Waals surface area contributed by atoms with E-state index >= 15 is 0 Å². The Hall–Kier alpha value is -5.48. The number of ether oxygens (including phenoxy) is 1. The number of benzene rings is 4. The Bertz CT molecular complexity index is 1940. The molecule has 0 radical (unpaired) electrons. The smallest absolute Gasteiger partial charge is 0.347 e. The number of aryl methyl sites for hydroxylation is 2. The van der Waals surface area contributed by atoms with E-state index in [-0.39, 0.29) is 11.6 Å². The summed E-state index contributed by atoms with van der Waals surface area (Å²) < 4.78 is 49.8. The number of para-hydroxylation sites is 1. The highest BCUT2D eigenvalue weighted by molar-refractivity contribution is 5.97.